The zero-order valence-electron chi connectivity index (χ0n) is 10.4. The normalized spacial score (nSPS) is 21.4. The number of anilines is 1. The van der Waals surface area contributed by atoms with Crippen molar-refractivity contribution in [1.82, 2.24) is 5.32 Å². The molecule has 0 bridgehead atoms. The number of urea groups is 1. The number of benzene rings is 1. The van der Waals surface area contributed by atoms with E-state index in [2.05, 4.69) is 17.6 Å². The van der Waals surface area contributed by atoms with Crippen LogP contribution in [0.1, 0.15) is 30.1 Å². The molecule has 0 aromatic heterocycles. The first-order valence-electron chi connectivity index (χ1n) is 6.05. The van der Waals surface area contributed by atoms with Crippen LogP contribution in [0, 0.1) is 5.92 Å². The SMILES string of the molecule is CC1CC(NC(=O)Nc2cc(Cl)cc(C(=O)O)c2)C1. The van der Waals surface area contributed by atoms with Gasteiger partial charge in [-0.05, 0) is 37.0 Å². The minimum absolute atomic E-state index is 0.0417. The number of hydrogen-bond acceptors (Lipinski definition) is 2. The number of carboxylic acids is 1. The molecule has 0 atom stereocenters. The van der Waals surface area contributed by atoms with E-state index >= 15 is 0 Å². The van der Waals surface area contributed by atoms with E-state index < -0.39 is 5.97 Å². The minimum Gasteiger partial charge on any atom is -0.478 e. The fourth-order valence-corrected chi connectivity index (χ4v) is 2.39. The Labute approximate surface area is 116 Å². The Morgan fingerprint density at radius 3 is 2.58 bits per heavy atom. The van der Waals surface area contributed by atoms with Crippen LogP contribution in [-0.2, 0) is 0 Å². The maximum absolute atomic E-state index is 11.7. The highest BCUT2D eigenvalue weighted by molar-refractivity contribution is 6.31. The van der Waals surface area contributed by atoms with E-state index in [9.17, 15) is 9.59 Å². The number of nitrogens with one attached hydrogen (secondary N) is 2. The van der Waals surface area contributed by atoms with E-state index in [4.69, 9.17) is 16.7 Å². The smallest absolute Gasteiger partial charge is 0.335 e. The largest absolute Gasteiger partial charge is 0.478 e. The summed E-state index contributed by atoms with van der Waals surface area (Å²) in [7, 11) is 0. The summed E-state index contributed by atoms with van der Waals surface area (Å²) in [6.07, 6.45) is 1.95. The van der Waals surface area contributed by atoms with Crippen LogP contribution in [0.5, 0.6) is 0 Å². The van der Waals surface area contributed by atoms with Crippen molar-refractivity contribution in [3.8, 4) is 0 Å². The first-order valence-corrected chi connectivity index (χ1v) is 6.43. The van der Waals surface area contributed by atoms with Crippen molar-refractivity contribution in [2.75, 3.05) is 5.32 Å². The molecule has 0 spiro atoms. The summed E-state index contributed by atoms with van der Waals surface area (Å²) in [6, 6.07) is 4.08. The van der Waals surface area contributed by atoms with Gasteiger partial charge in [0.2, 0.25) is 0 Å². The van der Waals surface area contributed by atoms with Crippen LogP contribution in [0.2, 0.25) is 5.02 Å². The van der Waals surface area contributed by atoms with Gasteiger partial charge in [-0.1, -0.05) is 18.5 Å². The molecule has 0 saturated heterocycles. The average Bonchev–Trinajstić information content (AvgIpc) is 2.25. The number of carboxylic acid groups (broad SMARTS) is 1. The lowest BCUT2D eigenvalue weighted by atomic mass is 9.82. The van der Waals surface area contributed by atoms with E-state index in [1.54, 1.807) is 0 Å². The minimum atomic E-state index is -1.08. The van der Waals surface area contributed by atoms with Gasteiger partial charge in [0.1, 0.15) is 0 Å². The molecule has 1 aromatic carbocycles. The lowest BCUT2D eigenvalue weighted by Crippen LogP contribution is -2.45. The second kappa shape index (κ2) is 5.48. The first kappa shape index (κ1) is 13.7. The Balaban J connectivity index is 1.98. The van der Waals surface area contributed by atoms with E-state index in [0.29, 0.717) is 11.6 Å². The summed E-state index contributed by atoms with van der Waals surface area (Å²) in [5.41, 5.74) is 0.412. The van der Waals surface area contributed by atoms with Crippen LogP contribution in [0.3, 0.4) is 0 Å². The molecule has 3 N–H and O–H groups in total. The Bertz CT molecular complexity index is 513. The summed E-state index contributed by atoms with van der Waals surface area (Å²) in [5.74, 6) is -0.436. The molecule has 5 nitrogen and oxygen atoms in total. The van der Waals surface area contributed by atoms with E-state index in [-0.39, 0.29) is 22.7 Å². The first-order chi connectivity index (χ1) is 8.94. The van der Waals surface area contributed by atoms with Crippen molar-refractivity contribution in [2.45, 2.75) is 25.8 Å². The van der Waals surface area contributed by atoms with Crippen molar-refractivity contribution in [1.29, 1.82) is 0 Å². The molecule has 0 aliphatic heterocycles. The van der Waals surface area contributed by atoms with Gasteiger partial charge >= 0.3 is 12.0 Å². The van der Waals surface area contributed by atoms with E-state index in [1.165, 1.54) is 18.2 Å². The highest BCUT2D eigenvalue weighted by atomic mass is 35.5. The lowest BCUT2D eigenvalue weighted by Gasteiger charge is -2.33. The third kappa shape index (κ3) is 3.61. The monoisotopic (exact) mass is 282 g/mol. The van der Waals surface area contributed by atoms with Gasteiger partial charge in [-0.15, -0.1) is 0 Å². The van der Waals surface area contributed by atoms with Crippen molar-refractivity contribution < 1.29 is 14.7 Å². The number of halogens is 1. The number of carbonyl (C=O) groups is 2. The van der Waals surface area contributed by atoms with Crippen molar-refractivity contribution >= 4 is 29.3 Å². The van der Waals surface area contributed by atoms with Crippen molar-refractivity contribution in [3.63, 3.8) is 0 Å². The molecule has 1 aromatic rings. The molecule has 19 heavy (non-hydrogen) atoms. The molecule has 1 fully saturated rings. The standard InChI is InChI=1S/C13H15ClN2O3/c1-7-2-10(3-7)15-13(19)16-11-5-8(12(17)18)4-9(14)6-11/h4-7,10H,2-3H2,1H3,(H,17,18)(H2,15,16,19). The van der Waals surface area contributed by atoms with Gasteiger partial charge in [-0.25, -0.2) is 9.59 Å². The Morgan fingerprint density at radius 1 is 1.32 bits per heavy atom. The van der Waals surface area contributed by atoms with Gasteiger partial charge in [-0.3, -0.25) is 0 Å². The van der Waals surface area contributed by atoms with Gasteiger partial charge in [-0.2, -0.15) is 0 Å². The van der Waals surface area contributed by atoms with Gasteiger partial charge in [0.15, 0.2) is 0 Å². The topological polar surface area (TPSA) is 78.4 Å². The fourth-order valence-electron chi connectivity index (χ4n) is 2.16. The fraction of sp³-hybridized carbons (Fsp3) is 0.385. The average molecular weight is 283 g/mol. The second-order valence-corrected chi connectivity index (χ2v) is 5.34. The summed E-state index contributed by atoms with van der Waals surface area (Å²) >= 11 is 5.81. The maximum Gasteiger partial charge on any atom is 0.335 e. The Hall–Kier alpha value is -1.75. The van der Waals surface area contributed by atoms with Crippen LogP contribution in [0.15, 0.2) is 18.2 Å². The molecular formula is C13H15ClN2O3. The zero-order valence-corrected chi connectivity index (χ0v) is 11.2. The van der Waals surface area contributed by atoms with Gasteiger partial charge in [0.05, 0.1) is 5.56 Å². The van der Waals surface area contributed by atoms with Crippen molar-refractivity contribution in [2.24, 2.45) is 5.92 Å². The molecule has 2 rings (SSSR count). The van der Waals surface area contributed by atoms with E-state index in [1.807, 2.05) is 0 Å². The zero-order chi connectivity index (χ0) is 14.0. The highest BCUT2D eigenvalue weighted by Gasteiger charge is 2.26. The summed E-state index contributed by atoms with van der Waals surface area (Å²) < 4.78 is 0. The van der Waals surface area contributed by atoms with E-state index in [0.717, 1.165) is 12.8 Å². The third-order valence-corrected chi connectivity index (χ3v) is 3.33. The number of amides is 2. The number of aromatic carboxylic acids is 1. The Morgan fingerprint density at radius 2 is 2.00 bits per heavy atom. The van der Waals surface area contributed by atoms with Gasteiger partial charge in [0.25, 0.3) is 0 Å². The molecule has 1 aliphatic rings. The summed E-state index contributed by atoms with van der Waals surface area (Å²) in [4.78, 5) is 22.6. The van der Waals surface area contributed by atoms with Gasteiger partial charge < -0.3 is 15.7 Å². The summed E-state index contributed by atoms with van der Waals surface area (Å²) in [5, 5.41) is 14.6. The van der Waals surface area contributed by atoms with Crippen LogP contribution < -0.4 is 10.6 Å². The molecule has 0 unspecified atom stereocenters. The Kier molecular flexibility index (Phi) is 3.95. The highest BCUT2D eigenvalue weighted by Crippen LogP contribution is 2.26. The molecule has 6 heteroatoms. The van der Waals surface area contributed by atoms with Crippen molar-refractivity contribution in [3.05, 3.63) is 28.8 Å². The quantitative estimate of drug-likeness (QED) is 0.797. The molecule has 1 aliphatic carbocycles. The molecular weight excluding hydrogens is 268 g/mol. The number of rotatable bonds is 3. The molecule has 0 heterocycles. The number of hydrogen-bond donors (Lipinski definition) is 3. The van der Waals surface area contributed by atoms with Crippen LogP contribution in [0.25, 0.3) is 0 Å². The molecule has 102 valence electrons. The maximum atomic E-state index is 11.7. The summed E-state index contributed by atoms with van der Waals surface area (Å²) in [6.45, 7) is 2.13. The lowest BCUT2D eigenvalue weighted by molar-refractivity contribution is 0.0697. The predicted molar refractivity (Wildman–Crippen MR) is 72.8 cm³/mol. The second-order valence-electron chi connectivity index (χ2n) is 4.91. The third-order valence-electron chi connectivity index (χ3n) is 3.11. The van der Waals surface area contributed by atoms with Crippen LogP contribution >= 0.6 is 11.6 Å². The molecule has 1 saturated carbocycles. The molecule has 0 radical (unpaired) electrons. The van der Waals surface area contributed by atoms with Gasteiger partial charge in [0, 0.05) is 16.8 Å². The number of carbonyl (C=O) groups excluding carboxylic acids is 1. The van der Waals surface area contributed by atoms with Crippen LogP contribution in [-0.4, -0.2) is 23.1 Å². The predicted octanol–water partition coefficient (Wildman–Crippen LogP) is 2.96. The van der Waals surface area contributed by atoms with Crippen LogP contribution in [0.4, 0.5) is 10.5 Å². The molecule has 2 amide bonds.